The molecule has 0 saturated carbocycles. The first-order valence-electron chi connectivity index (χ1n) is 5.18. The standard InChI is InChI=1S/C12H13NO2S/c1-7(2)8-4-3-5-9-10(8)12(15)13(6-16)11(9)14/h3-5,7,16H,6H2,1-2H3. The van der Waals surface area contributed by atoms with Crippen LogP contribution in [0.5, 0.6) is 0 Å². The summed E-state index contributed by atoms with van der Waals surface area (Å²) in [5.74, 6) is -0.104. The van der Waals surface area contributed by atoms with Crippen LogP contribution in [0.15, 0.2) is 18.2 Å². The minimum atomic E-state index is -0.238. The summed E-state index contributed by atoms with van der Waals surface area (Å²) in [4.78, 5) is 25.1. The molecular formula is C12H13NO2S. The number of rotatable bonds is 2. The number of fused-ring (bicyclic) bond motifs is 1. The Morgan fingerprint density at radius 2 is 1.94 bits per heavy atom. The predicted molar refractivity (Wildman–Crippen MR) is 64.9 cm³/mol. The molecule has 1 aromatic carbocycles. The van der Waals surface area contributed by atoms with E-state index in [0.29, 0.717) is 11.1 Å². The molecule has 16 heavy (non-hydrogen) atoms. The zero-order valence-electron chi connectivity index (χ0n) is 9.23. The van der Waals surface area contributed by atoms with Gasteiger partial charge in [0.05, 0.1) is 17.0 Å². The minimum Gasteiger partial charge on any atom is -0.269 e. The van der Waals surface area contributed by atoms with E-state index < -0.39 is 0 Å². The third-order valence-electron chi connectivity index (χ3n) is 2.79. The van der Waals surface area contributed by atoms with Crippen molar-refractivity contribution in [1.29, 1.82) is 0 Å². The molecule has 0 N–H and O–H groups in total. The summed E-state index contributed by atoms with van der Waals surface area (Å²) >= 11 is 4.01. The maximum Gasteiger partial charge on any atom is 0.262 e. The summed E-state index contributed by atoms with van der Waals surface area (Å²) in [6.07, 6.45) is 0. The van der Waals surface area contributed by atoms with Gasteiger partial charge in [-0.05, 0) is 17.5 Å². The zero-order chi connectivity index (χ0) is 11.9. The number of carbonyl (C=O) groups excluding carboxylic acids is 2. The lowest BCUT2D eigenvalue weighted by atomic mass is 9.94. The molecule has 1 aliphatic rings. The van der Waals surface area contributed by atoms with E-state index in [1.54, 1.807) is 6.07 Å². The number of carbonyl (C=O) groups is 2. The normalized spacial score (nSPS) is 14.9. The van der Waals surface area contributed by atoms with Crippen LogP contribution < -0.4 is 0 Å². The molecule has 1 aromatic rings. The van der Waals surface area contributed by atoms with E-state index in [0.717, 1.165) is 5.56 Å². The molecule has 0 fully saturated rings. The number of amides is 2. The molecule has 0 radical (unpaired) electrons. The second kappa shape index (κ2) is 3.94. The van der Waals surface area contributed by atoms with Gasteiger partial charge in [0.1, 0.15) is 0 Å². The first kappa shape index (κ1) is 11.2. The van der Waals surface area contributed by atoms with Crippen LogP contribution in [0.4, 0.5) is 0 Å². The molecule has 4 heteroatoms. The first-order valence-corrected chi connectivity index (χ1v) is 5.81. The number of thiol groups is 1. The van der Waals surface area contributed by atoms with Crippen molar-refractivity contribution in [2.75, 3.05) is 5.88 Å². The van der Waals surface area contributed by atoms with Crippen LogP contribution in [0, 0.1) is 0 Å². The van der Waals surface area contributed by atoms with Gasteiger partial charge in [0.2, 0.25) is 0 Å². The van der Waals surface area contributed by atoms with Crippen LogP contribution in [0.25, 0.3) is 0 Å². The van der Waals surface area contributed by atoms with Gasteiger partial charge in [-0.1, -0.05) is 26.0 Å². The number of hydrogen-bond donors (Lipinski definition) is 1. The van der Waals surface area contributed by atoms with Gasteiger partial charge in [0.25, 0.3) is 11.8 Å². The van der Waals surface area contributed by atoms with E-state index in [4.69, 9.17) is 0 Å². The molecule has 3 nitrogen and oxygen atoms in total. The monoisotopic (exact) mass is 235 g/mol. The molecule has 84 valence electrons. The average molecular weight is 235 g/mol. The third-order valence-corrected chi connectivity index (χ3v) is 3.08. The summed E-state index contributed by atoms with van der Waals surface area (Å²) in [6.45, 7) is 4.02. The molecule has 0 spiro atoms. The lowest BCUT2D eigenvalue weighted by Gasteiger charge is -2.10. The second-order valence-electron chi connectivity index (χ2n) is 4.10. The zero-order valence-corrected chi connectivity index (χ0v) is 10.1. The van der Waals surface area contributed by atoms with Gasteiger partial charge in [-0.25, -0.2) is 0 Å². The number of benzene rings is 1. The fraction of sp³-hybridized carbons (Fsp3) is 0.333. The Bertz CT molecular complexity index is 468. The van der Waals surface area contributed by atoms with Crippen LogP contribution in [0.1, 0.15) is 46.0 Å². The number of imide groups is 1. The Morgan fingerprint density at radius 1 is 1.25 bits per heavy atom. The predicted octanol–water partition coefficient (Wildman–Crippen LogP) is 2.29. The van der Waals surface area contributed by atoms with Gasteiger partial charge in [-0.3, -0.25) is 14.5 Å². The highest BCUT2D eigenvalue weighted by molar-refractivity contribution is 7.80. The summed E-state index contributed by atoms with van der Waals surface area (Å²) < 4.78 is 0. The largest absolute Gasteiger partial charge is 0.269 e. The van der Waals surface area contributed by atoms with Crippen molar-refractivity contribution < 1.29 is 9.59 Å². The van der Waals surface area contributed by atoms with Gasteiger partial charge < -0.3 is 0 Å². The first-order chi connectivity index (χ1) is 7.57. The van der Waals surface area contributed by atoms with Crippen molar-refractivity contribution in [1.82, 2.24) is 4.90 Å². The minimum absolute atomic E-state index is 0.129. The summed E-state index contributed by atoms with van der Waals surface area (Å²) in [7, 11) is 0. The Hall–Kier alpha value is -1.29. The average Bonchev–Trinajstić information content (AvgIpc) is 2.51. The molecule has 2 rings (SSSR count). The molecule has 0 aliphatic carbocycles. The molecule has 0 saturated heterocycles. The highest BCUT2D eigenvalue weighted by Gasteiger charge is 2.36. The Balaban J connectivity index is 2.63. The molecule has 0 aromatic heterocycles. The van der Waals surface area contributed by atoms with Crippen molar-refractivity contribution in [2.45, 2.75) is 19.8 Å². The molecule has 1 aliphatic heterocycles. The number of nitrogens with zero attached hydrogens (tertiary/aromatic N) is 1. The Morgan fingerprint density at radius 3 is 2.50 bits per heavy atom. The molecule has 2 amide bonds. The van der Waals surface area contributed by atoms with Crippen LogP contribution in [-0.4, -0.2) is 22.6 Å². The second-order valence-corrected chi connectivity index (χ2v) is 4.39. The Kier molecular flexibility index (Phi) is 2.76. The van der Waals surface area contributed by atoms with E-state index in [2.05, 4.69) is 12.6 Å². The lowest BCUT2D eigenvalue weighted by molar-refractivity contribution is 0.0684. The van der Waals surface area contributed by atoms with Gasteiger partial charge >= 0.3 is 0 Å². The summed E-state index contributed by atoms with van der Waals surface area (Å²) in [6, 6.07) is 5.42. The fourth-order valence-electron chi connectivity index (χ4n) is 1.97. The van der Waals surface area contributed by atoms with Crippen molar-refractivity contribution in [2.24, 2.45) is 0 Å². The van der Waals surface area contributed by atoms with Crippen molar-refractivity contribution in [3.05, 3.63) is 34.9 Å². The summed E-state index contributed by atoms with van der Waals surface area (Å²) in [5, 5.41) is 0. The van der Waals surface area contributed by atoms with Gasteiger partial charge in [-0.2, -0.15) is 12.6 Å². The molecule has 0 atom stereocenters. The SMILES string of the molecule is CC(C)c1cccc2c1C(=O)N(CS)C2=O. The van der Waals surface area contributed by atoms with Gasteiger partial charge in [0.15, 0.2) is 0 Å². The van der Waals surface area contributed by atoms with E-state index in [-0.39, 0.29) is 23.6 Å². The van der Waals surface area contributed by atoms with Crippen LogP contribution in [-0.2, 0) is 0 Å². The fourth-order valence-corrected chi connectivity index (χ4v) is 2.23. The molecule has 0 bridgehead atoms. The maximum absolute atomic E-state index is 12.0. The van der Waals surface area contributed by atoms with Crippen molar-refractivity contribution >= 4 is 24.4 Å². The quantitative estimate of drug-likeness (QED) is 0.631. The van der Waals surface area contributed by atoms with Crippen molar-refractivity contribution in [3.63, 3.8) is 0 Å². The summed E-state index contributed by atoms with van der Waals surface area (Å²) in [5.41, 5.74) is 1.99. The molecule has 1 heterocycles. The van der Waals surface area contributed by atoms with E-state index in [1.165, 1.54) is 4.90 Å². The van der Waals surface area contributed by atoms with E-state index in [9.17, 15) is 9.59 Å². The smallest absolute Gasteiger partial charge is 0.262 e. The van der Waals surface area contributed by atoms with E-state index in [1.807, 2.05) is 26.0 Å². The van der Waals surface area contributed by atoms with Gasteiger partial charge in [-0.15, -0.1) is 0 Å². The van der Waals surface area contributed by atoms with Crippen LogP contribution in [0.2, 0.25) is 0 Å². The van der Waals surface area contributed by atoms with Crippen molar-refractivity contribution in [3.8, 4) is 0 Å². The van der Waals surface area contributed by atoms with Gasteiger partial charge in [0, 0.05) is 0 Å². The topological polar surface area (TPSA) is 37.4 Å². The number of hydrogen-bond acceptors (Lipinski definition) is 3. The molecular weight excluding hydrogens is 222 g/mol. The highest BCUT2D eigenvalue weighted by Crippen LogP contribution is 2.30. The Labute approximate surface area is 99.9 Å². The lowest BCUT2D eigenvalue weighted by Crippen LogP contribution is -2.28. The van der Waals surface area contributed by atoms with E-state index >= 15 is 0 Å². The van der Waals surface area contributed by atoms with Crippen LogP contribution >= 0.6 is 12.6 Å². The maximum atomic E-state index is 12.0. The highest BCUT2D eigenvalue weighted by atomic mass is 32.1. The molecule has 0 unspecified atom stereocenters. The third kappa shape index (κ3) is 1.45. The van der Waals surface area contributed by atoms with Crippen LogP contribution in [0.3, 0.4) is 0 Å².